The van der Waals surface area contributed by atoms with Crippen LogP contribution in [-0.4, -0.2) is 14.6 Å². The van der Waals surface area contributed by atoms with E-state index in [9.17, 15) is 0 Å². The molecule has 0 aliphatic heterocycles. The van der Waals surface area contributed by atoms with Gasteiger partial charge in [0.25, 0.3) is 0 Å². The molecule has 2 aromatic rings. The fourth-order valence-electron chi connectivity index (χ4n) is 1.16. The van der Waals surface area contributed by atoms with Crippen molar-refractivity contribution in [3.05, 3.63) is 29.8 Å². The second-order valence-corrected chi connectivity index (χ2v) is 2.68. The lowest BCUT2D eigenvalue weighted by molar-refractivity contribution is 0.900. The molecule has 0 saturated carbocycles. The van der Waals surface area contributed by atoms with Gasteiger partial charge >= 0.3 is 0 Å². The van der Waals surface area contributed by atoms with Gasteiger partial charge in [0.2, 0.25) is 0 Å². The normalized spacial score (nSPS) is 10.7. The van der Waals surface area contributed by atoms with Crippen molar-refractivity contribution < 1.29 is 0 Å². The Morgan fingerprint density at radius 2 is 2.18 bits per heavy atom. The Bertz CT molecular complexity index is 389. The Morgan fingerprint density at radius 1 is 1.36 bits per heavy atom. The third-order valence-corrected chi connectivity index (χ3v) is 1.98. The van der Waals surface area contributed by atoms with E-state index in [1.165, 1.54) is 11.1 Å². The van der Waals surface area contributed by atoms with Crippen LogP contribution >= 0.6 is 0 Å². The minimum Gasteiger partial charge on any atom is -0.241 e. The third kappa shape index (κ3) is 0.808. The Hall–Kier alpha value is -1.38. The largest absolute Gasteiger partial charge is 0.241 e. The molecular weight excluding hydrogens is 138 g/mol. The van der Waals surface area contributed by atoms with Gasteiger partial charge in [-0.2, -0.15) is 5.10 Å². The van der Waals surface area contributed by atoms with Crippen LogP contribution in [0.25, 0.3) is 5.52 Å². The van der Waals surface area contributed by atoms with Gasteiger partial charge in [0, 0.05) is 6.20 Å². The zero-order valence-corrected chi connectivity index (χ0v) is 6.57. The maximum Gasteiger partial charge on any atom is 0.136 e. The molecule has 56 valence electrons. The van der Waals surface area contributed by atoms with Gasteiger partial charge in [-0.1, -0.05) is 0 Å². The second-order valence-electron chi connectivity index (χ2n) is 2.68. The van der Waals surface area contributed by atoms with Gasteiger partial charge in [0.15, 0.2) is 0 Å². The lowest BCUT2D eigenvalue weighted by atomic mass is 10.2. The van der Waals surface area contributed by atoms with E-state index >= 15 is 0 Å². The van der Waals surface area contributed by atoms with E-state index in [-0.39, 0.29) is 0 Å². The van der Waals surface area contributed by atoms with Crippen LogP contribution in [0.4, 0.5) is 0 Å². The predicted molar refractivity (Wildman–Crippen MR) is 42.5 cm³/mol. The van der Waals surface area contributed by atoms with Crippen LogP contribution in [0.3, 0.4) is 0 Å². The topological polar surface area (TPSA) is 30.2 Å². The smallest absolute Gasteiger partial charge is 0.136 e. The Kier molecular flexibility index (Phi) is 1.18. The maximum absolute atomic E-state index is 4.07. The summed E-state index contributed by atoms with van der Waals surface area (Å²) in [6.07, 6.45) is 5.38. The molecule has 3 heteroatoms. The number of aryl methyl sites for hydroxylation is 2. The lowest BCUT2D eigenvalue weighted by Crippen LogP contribution is -1.88. The first kappa shape index (κ1) is 6.34. The van der Waals surface area contributed by atoms with Gasteiger partial charge in [0.05, 0.1) is 11.7 Å². The Balaban J connectivity index is 2.92. The number of fused-ring (bicyclic) bond motifs is 1. The first-order valence-corrected chi connectivity index (χ1v) is 3.53. The summed E-state index contributed by atoms with van der Waals surface area (Å²) in [7, 11) is 0. The highest BCUT2D eigenvalue weighted by Gasteiger charge is 2.01. The molecule has 0 fully saturated rings. The molecule has 2 heterocycles. The van der Waals surface area contributed by atoms with Crippen molar-refractivity contribution in [2.24, 2.45) is 0 Å². The van der Waals surface area contributed by atoms with Gasteiger partial charge in [-0.25, -0.2) is 9.50 Å². The summed E-state index contributed by atoms with van der Waals surface area (Å²) in [6, 6.07) is 0. The summed E-state index contributed by atoms with van der Waals surface area (Å²) in [6.45, 7) is 4.15. The fraction of sp³-hybridized carbons (Fsp3) is 0.250. The molecule has 0 spiro atoms. The third-order valence-electron chi connectivity index (χ3n) is 1.98. The number of rotatable bonds is 0. The standard InChI is InChI=1S/C8H9N3/c1-6-4-11-8(7(6)2)3-9-5-10-11/h3-5H,1-2H3. The van der Waals surface area contributed by atoms with Gasteiger partial charge < -0.3 is 0 Å². The van der Waals surface area contributed by atoms with Crippen molar-refractivity contribution >= 4 is 5.52 Å². The van der Waals surface area contributed by atoms with Crippen molar-refractivity contribution in [3.8, 4) is 0 Å². The fourth-order valence-corrected chi connectivity index (χ4v) is 1.16. The summed E-state index contributed by atoms with van der Waals surface area (Å²) in [5, 5.41) is 4.07. The van der Waals surface area contributed by atoms with Crippen molar-refractivity contribution in [2.75, 3.05) is 0 Å². The minimum absolute atomic E-state index is 1.09. The minimum atomic E-state index is 1.09. The van der Waals surface area contributed by atoms with Crippen LogP contribution in [0.5, 0.6) is 0 Å². The van der Waals surface area contributed by atoms with Crippen molar-refractivity contribution in [1.82, 2.24) is 14.6 Å². The van der Waals surface area contributed by atoms with E-state index in [4.69, 9.17) is 0 Å². The SMILES string of the molecule is Cc1cn2ncncc2c1C. The highest BCUT2D eigenvalue weighted by atomic mass is 15.2. The van der Waals surface area contributed by atoms with Crippen LogP contribution < -0.4 is 0 Å². The van der Waals surface area contributed by atoms with Crippen LogP contribution in [0.1, 0.15) is 11.1 Å². The molecule has 0 N–H and O–H groups in total. The predicted octanol–water partition coefficient (Wildman–Crippen LogP) is 1.35. The molecule has 0 aliphatic rings. The highest BCUT2D eigenvalue weighted by molar-refractivity contribution is 5.55. The van der Waals surface area contributed by atoms with Gasteiger partial charge in [-0.15, -0.1) is 0 Å². The number of hydrogen-bond acceptors (Lipinski definition) is 2. The molecule has 0 aromatic carbocycles. The van der Waals surface area contributed by atoms with Crippen LogP contribution in [0.2, 0.25) is 0 Å². The lowest BCUT2D eigenvalue weighted by Gasteiger charge is -1.90. The first-order chi connectivity index (χ1) is 5.29. The summed E-state index contributed by atoms with van der Waals surface area (Å²) < 4.78 is 1.84. The first-order valence-electron chi connectivity index (χ1n) is 3.53. The number of nitrogens with zero attached hydrogens (tertiary/aromatic N) is 3. The molecule has 11 heavy (non-hydrogen) atoms. The Morgan fingerprint density at radius 3 is 2.91 bits per heavy atom. The molecule has 2 aromatic heterocycles. The summed E-state index contributed by atoms with van der Waals surface area (Å²) in [4.78, 5) is 3.96. The summed E-state index contributed by atoms with van der Waals surface area (Å²) in [5.74, 6) is 0. The molecule has 0 bridgehead atoms. The average molecular weight is 147 g/mol. The van der Waals surface area contributed by atoms with Crippen LogP contribution in [0, 0.1) is 13.8 Å². The molecule has 0 amide bonds. The second kappa shape index (κ2) is 2.05. The van der Waals surface area contributed by atoms with Crippen LogP contribution in [-0.2, 0) is 0 Å². The molecule has 0 radical (unpaired) electrons. The maximum atomic E-state index is 4.07. The molecule has 0 saturated heterocycles. The molecule has 2 rings (SSSR count). The Labute approximate surface area is 64.7 Å². The van der Waals surface area contributed by atoms with E-state index in [2.05, 4.69) is 23.9 Å². The highest BCUT2D eigenvalue weighted by Crippen LogP contribution is 2.13. The van der Waals surface area contributed by atoms with E-state index in [1.54, 1.807) is 6.33 Å². The molecule has 3 nitrogen and oxygen atoms in total. The van der Waals surface area contributed by atoms with Crippen LogP contribution in [0.15, 0.2) is 18.7 Å². The zero-order chi connectivity index (χ0) is 7.84. The van der Waals surface area contributed by atoms with E-state index in [0.717, 1.165) is 5.52 Å². The molecular formula is C8H9N3. The van der Waals surface area contributed by atoms with Gasteiger partial charge in [-0.05, 0) is 25.0 Å². The van der Waals surface area contributed by atoms with Gasteiger partial charge in [0.1, 0.15) is 6.33 Å². The van der Waals surface area contributed by atoms with E-state index in [0.29, 0.717) is 0 Å². The summed E-state index contributed by atoms with van der Waals surface area (Å²) >= 11 is 0. The van der Waals surface area contributed by atoms with Crippen molar-refractivity contribution in [3.63, 3.8) is 0 Å². The van der Waals surface area contributed by atoms with Gasteiger partial charge in [-0.3, -0.25) is 0 Å². The zero-order valence-electron chi connectivity index (χ0n) is 6.57. The van der Waals surface area contributed by atoms with E-state index in [1.807, 2.05) is 16.9 Å². The quantitative estimate of drug-likeness (QED) is 0.563. The van der Waals surface area contributed by atoms with Crippen molar-refractivity contribution in [2.45, 2.75) is 13.8 Å². The summed E-state index contributed by atoms with van der Waals surface area (Å²) in [5.41, 5.74) is 3.60. The monoisotopic (exact) mass is 147 g/mol. The number of aromatic nitrogens is 3. The molecule has 0 unspecified atom stereocenters. The van der Waals surface area contributed by atoms with Crippen molar-refractivity contribution in [1.29, 1.82) is 0 Å². The molecule has 0 aliphatic carbocycles. The average Bonchev–Trinajstić information content (AvgIpc) is 2.30. The molecule has 0 atom stereocenters. The van der Waals surface area contributed by atoms with E-state index < -0.39 is 0 Å². The number of hydrogen-bond donors (Lipinski definition) is 0.